The molecule has 134 valence electrons. The lowest BCUT2D eigenvalue weighted by Gasteiger charge is -2.28. The van der Waals surface area contributed by atoms with Gasteiger partial charge in [-0.15, -0.1) is 0 Å². The molecule has 0 saturated carbocycles. The van der Waals surface area contributed by atoms with Crippen LogP contribution in [0.25, 0.3) is 10.9 Å². The normalized spacial score (nSPS) is 24.7. The van der Waals surface area contributed by atoms with Crippen molar-refractivity contribution in [2.75, 3.05) is 40.0 Å². The number of hydrogen-bond donors (Lipinski definition) is 0. The SMILES string of the molecule is COc1cccc2ccc(C[C@@H]3CC[C@H](CN4CCOCC4)O3)nc12. The van der Waals surface area contributed by atoms with Crippen molar-refractivity contribution in [2.45, 2.75) is 31.5 Å². The van der Waals surface area contributed by atoms with Crippen LogP contribution in [0.15, 0.2) is 30.3 Å². The molecule has 0 amide bonds. The molecule has 0 radical (unpaired) electrons. The third-order valence-corrected chi connectivity index (χ3v) is 5.16. The van der Waals surface area contributed by atoms with E-state index in [4.69, 9.17) is 19.2 Å². The van der Waals surface area contributed by atoms with E-state index in [-0.39, 0.29) is 6.10 Å². The predicted molar refractivity (Wildman–Crippen MR) is 97.2 cm³/mol. The molecule has 3 heterocycles. The Morgan fingerprint density at radius 2 is 1.96 bits per heavy atom. The molecule has 2 fully saturated rings. The zero-order chi connectivity index (χ0) is 17.1. The van der Waals surface area contributed by atoms with Gasteiger partial charge in [0.2, 0.25) is 0 Å². The van der Waals surface area contributed by atoms with E-state index in [0.29, 0.717) is 6.10 Å². The lowest BCUT2D eigenvalue weighted by atomic mass is 10.1. The van der Waals surface area contributed by atoms with Gasteiger partial charge >= 0.3 is 0 Å². The predicted octanol–water partition coefficient (Wildman–Crippen LogP) is 2.67. The largest absolute Gasteiger partial charge is 0.494 e. The van der Waals surface area contributed by atoms with E-state index in [1.165, 1.54) is 0 Å². The number of ether oxygens (including phenoxy) is 3. The molecule has 0 N–H and O–H groups in total. The first kappa shape index (κ1) is 16.8. The lowest BCUT2D eigenvalue weighted by molar-refractivity contribution is -0.0110. The van der Waals surface area contributed by atoms with E-state index >= 15 is 0 Å². The smallest absolute Gasteiger partial charge is 0.145 e. The maximum Gasteiger partial charge on any atom is 0.145 e. The molecule has 2 saturated heterocycles. The fraction of sp³-hybridized carbons (Fsp3) is 0.550. The van der Waals surface area contributed by atoms with Crippen molar-refractivity contribution < 1.29 is 14.2 Å². The summed E-state index contributed by atoms with van der Waals surface area (Å²) in [7, 11) is 1.69. The molecule has 2 aliphatic rings. The van der Waals surface area contributed by atoms with Gasteiger partial charge in [0.25, 0.3) is 0 Å². The molecule has 0 bridgehead atoms. The van der Waals surface area contributed by atoms with Crippen molar-refractivity contribution in [1.82, 2.24) is 9.88 Å². The maximum absolute atomic E-state index is 6.28. The molecular weight excluding hydrogens is 316 g/mol. The number of methoxy groups -OCH3 is 1. The summed E-state index contributed by atoms with van der Waals surface area (Å²) in [6, 6.07) is 10.3. The van der Waals surface area contributed by atoms with Crippen molar-refractivity contribution in [2.24, 2.45) is 0 Å². The van der Waals surface area contributed by atoms with Gasteiger partial charge in [-0.2, -0.15) is 0 Å². The van der Waals surface area contributed by atoms with Crippen LogP contribution in [0.4, 0.5) is 0 Å². The Labute approximate surface area is 148 Å². The van der Waals surface area contributed by atoms with Gasteiger partial charge in [0.05, 0.1) is 32.5 Å². The Hall–Kier alpha value is -1.69. The fourth-order valence-electron chi connectivity index (χ4n) is 3.81. The van der Waals surface area contributed by atoms with Gasteiger partial charge in [-0.25, -0.2) is 4.98 Å². The van der Waals surface area contributed by atoms with E-state index in [1.54, 1.807) is 7.11 Å². The first-order valence-corrected chi connectivity index (χ1v) is 9.20. The Morgan fingerprint density at radius 1 is 1.12 bits per heavy atom. The molecular formula is C20H26N2O3. The first-order chi connectivity index (χ1) is 12.3. The molecule has 2 aromatic rings. The summed E-state index contributed by atoms with van der Waals surface area (Å²) >= 11 is 0. The van der Waals surface area contributed by atoms with E-state index in [9.17, 15) is 0 Å². The van der Waals surface area contributed by atoms with Gasteiger partial charge in [-0.1, -0.05) is 18.2 Å². The van der Waals surface area contributed by atoms with Crippen LogP contribution >= 0.6 is 0 Å². The van der Waals surface area contributed by atoms with Gasteiger partial charge in [-0.05, 0) is 25.0 Å². The second-order valence-corrected chi connectivity index (χ2v) is 6.91. The highest BCUT2D eigenvalue weighted by molar-refractivity contribution is 5.84. The van der Waals surface area contributed by atoms with E-state index in [0.717, 1.165) is 74.5 Å². The minimum atomic E-state index is 0.269. The molecule has 5 heteroatoms. The molecule has 2 aliphatic heterocycles. The number of para-hydroxylation sites is 1. The van der Waals surface area contributed by atoms with Gasteiger partial charge in [0.15, 0.2) is 0 Å². The van der Waals surface area contributed by atoms with Crippen LogP contribution in [0.3, 0.4) is 0 Å². The Morgan fingerprint density at radius 3 is 2.80 bits per heavy atom. The molecule has 4 rings (SSSR count). The summed E-state index contributed by atoms with van der Waals surface area (Å²) in [6.07, 6.45) is 3.73. The standard InChI is InChI=1S/C20H26N2O3/c1-23-19-4-2-3-15-5-6-16(21-20(15)19)13-17-7-8-18(25-17)14-22-9-11-24-12-10-22/h2-6,17-18H,7-14H2,1H3/t17-,18+/m0/s1. The summed E-state index contributed by atoms with van der Waals surface area (Å²) in [5, 5.41) is 1.11. The Bertz CT molecular complexity index is 715. The van der Waals surface area contributed by atoms with Crippen LogP contribution in [0.2, 0.25) is 0 Å². The van der Waals surface area contributed by atoms with Gasteiger partial charge < -0.3 is 14.2 Å². The zero-order valence-corrected chi connectivity index (χ0v) is 14.8. The number of benzene rings is 1. The number of morpholine rings is 1. The quantitative estimate of drug-likeness (QED) is 0.836. The monoisotopic (exact) mass is 342 g/mol. The highest BCUT2D eigenvalue weighted by Gasteiger charge is 2.28. The minimum Gasteiger partial charge on any atom is -0.494 e. The molecule has 2 atom stereocenters. The first-order valence-electron chi connectivity index (χ1n) is 9.20. The number of hydrogen-bond acceptors (Lipinski definition) is 5. The molecule has 0 aliphatic carbocycles. The van der Waals surface area contributed by atoms with Crippen molar-refractivity contribution in [3.63, 3.8) is 0 Å². The van der Waals surface area contributed by atoms with Crippen molar-refractivity contribution in [3.8, 4) is 5.75 Å². The van der Waals surface area contributed by atoms with Crippen LogP contribution in [0.5, 0.6) is 5.75 Å². The molecule has 1 aromatic carbocycles. The average Bonchev–Trinajstić information content (AvgIpc) is 3.09. The molecule has 0 unspecified atom stereocenters. The maximum atomic E-state index is 6.28. The van der Waals surface area contributed by atoms with Crippen molar-refractivity contribution >= 4 is 10.9 Å². The van der Waals surface area contributed by atoms with Crippen LogP contribution < -0.4 is 4.74 Å². The number of rotatable bonds is 5. The fourth-order valence-corrected chi connectivity index (χ4v) is 3.81. The molecule has 5 nitrogen and oxygen atoms in total. The van der Waals surface area contributed by atoms with Crippen LogP contribution in [0, 0.1) is 0 Å². The zero-order valence-electron chi connectivity index (χ0n) is 14.8. The molecule has 1 aromatic heterocycles. The number of aromatic nitrogens is 1. The summed E-state index contributed by atoms with van der Waals surface area (Å²) in [6.45, 7) is 4.77. The second kappa shape index (κ2) is 7.68. The third kappa shape index (κ3) is 3.94. The average molecular weight is 342 g/mol. The Kier molecular flexibility index (Phi) is 5.15. The number of pyridine rings is 1. The summed E-state index contributed by atoms with van der Waals surface area (Å²) < 4.78 is 17.1. The van der Waals surface area contributed by atoms with E-state index in [1.807, 2.05) is 12.1 Å². The summed E-state index contributed by atoms with van der Waals surface area (Å²) in [5.41, 5.74) is 2.01. The van der Waals surface area contributed by atoms with Gasteiger partial charge in [0.1, 0.15) is 11.3 Å². The van der Waals surface area contributed by atoms with E-state index in [2.05, 4.69) is 23.1 Å². The van der Waals surface area contributed by atoms with E-state index < -0.39 is 0 Å². The number of fused-ring (bicyclic) bond motifs is 1. The molecule has 0 spiro atoms. The van der Waals surface area contributed by atoms with Crippen LogP contribution in [-0.4, -0.2) is 62.0 Å². The topological polar surface area (TPSA) is 43.8 Å². The second-order valence-electron chi connectivity index (χ2n) is 6.91. The van der Waals surface area contributed by atoms with Crippen molar-refractivity contribution in [3.05, 3.63) is 36.0 Å². The van der Waals surface area contributed by atoms with Gasteiger partial charge in [-0.3, -0.25) is 4.90 Å². The number of nitrogens with zero attached hydrogens (tertiary/aromatic N) is 2. The van der Waals surface area contributed by atoms with Crippen LogP contribution in [-0.2, 0) is 15.9 Å². The lowest BCUT2D eigenvalue weighted by Crippen LogP contribution is -2.41. The van der Waals surface area contributed by atoms with Crippen molar-refractivity contribution in [1.29, 1.82) is 0 Å². The van der Waals surface area contributed by atoms with Crippen LogP contribution in [0.1, 0.15) is 18.5 Å². The Balaban J connectivity index is 1.38. The summed E-state index contributed by atoms with van der Waals surface area (Å²) in [5.74, 6) is 0.830. The minimum absolute atomic E-state index is 0.269. The highest BCUT2D eigenvalue weighted by atomic mass is 16.5. The van der Waals surface area contributed by atoms with Gasteiger partial charge in [0, 0.05) is 37.1 Å². The molecule has 25 heavy (non-hydrogen) atoms. The summed E-state index contributed by atoms with van der Waals surface area (Å²) in [4.78, 5) is 7.27. The third-order valence-electron chi connectivity index (χ3n) is 5.16. The highest BCUT2D eigenvalue weighted by Crippen LogP contribution is 2.27.